The molecule has 7 heteroatoms. The first-order chi connectivity index (χ1) is 16.7. The second-order valence-corrected chi connectivity index (χ2v) is 11.3. The summed E-state index contributed by atoms with van der Waals surface area (Å²) < 4.78 is 0. The number of carbonyl (C=O) groups is 1. The van der Waals surface area contributed by atoms with Gasteiger partial charge in [0, 0.05) is 55.7 Å². The van der Waals surface area contributed by atoms with Crippen LogP contribution in [-0.2, 0) is 4.79 Å². The fourth-order valence-corrected chi connectivity index (χ4v) is 6.14. The Morgan fingerprint density at radius 3 is 2.31 bits per heavy atom. The summed E-state index contributed by atoms with van der Waals surface area (Å²) in [7, 11) is 0. The Morgan fingerprint density at radius 1 is 1.06 bits per heavy atom. The average Bonchev–Trinajstić information content (AvgIpc) is 2.82. The summed E-state index contributed by atoms with van der Waals surface area (Å²) >= 11 is 11.7. The molecule has 0 radical (unpaired) electrons. The number of hydrogen-bond donors (Lipinski definition) is 1. The van der Waals surface area contributed by atoms with E-state index in [4.69, 9.17) is 23.8 Å². The zero-order valence-corrected chi connectivity index (χ0v) is 22.6. The molecule has 2 aromatic carbocycles. The number of carbonyl (C=O) groups excluding carboxylic acids is 1. The number of amides is 1. The molecule has 0 aliphatic carbocycles. The lowest BCUT2D eigenvalue weighted by Gasteiger charge is -2.45. The third-order valence-electron chi connectivity index (χ3n) is 7.17. The molecule has 1 N–H and O–H groups in total. The molecule has 188 valence electrons. The predicted octanol–water partition coefficient (Wildman–Crippen LogP) is 5.10. The van der Waals surface area contributed by atoms with E-state index < -0.39 is 0 Å². The van der Waals surface area contributed by atoms with E-state index in [0.29, 0.717) is 12.5 Å². The van der Waals surface area contributed by atoms with Crippen molar-refractivity contribution in [1.29, 1.82) is 0 Å². The highest BCUT2D eigenvalue weighted by molar-refractivity contribution is 7.80. The average molecular weight is 513 g/mol. The molecule has 2 saturated heterocycles. The third-order valence-corrected chi connectivity index (χ3v) is 7.76. The Hall–Kier alpha value is -2.15. The van der Waals surface area contributed by atoms with Crippen LogP contribution in [0.2, 0.25) is 5.02 Å². The van der Waals surface area contributed by atoms with E-state index >= 15 is 0 Å². The zero-order valence-electron chi connectivity index (χ0n) is 21.0. The topological polar surface area (TPSA) is 38.8 Å². The number of piperazine rings is 1. The molecule has 0 spiro atoms. The minimum absolute atomic E-state index is 0.0338. The summed E-state index contributed by atoms with van der Waals surface area (Å²) in [6, 6.07) is 19.3. The zero-order chi connectivity index (χ0) is 25.0. The number of hydrogen-bond acceptors (Lipinski definition) is 3. The minimum Gasteiger partial charge on any atom is -0.358 e. The SMILES string of the molecule is C[C@@H]1CC(C)(C)NC(=S)N1CCCC(=O)N1CCN([C@H](c2ccccc2)c2ccc(Cl)cc2)CC1. The first-order valence-electron chi connectivity index (χ1n) is 12.6. The van der Waals surface area contributed by atoms with Gasteiger partial charge in [-0.25, -0.2) is 0 Å². The molecule has 2 heterocycles. The van der Waals surface area contributed by atoms with Crippen molar-refractivity contribution in [1.82, 2.24) is 20.0 Å². The summed E-state index contributed by atoms with van der Waals surface area (Å²) in [5.41, 5.74) is 2.52. The molecule has 2 fully saturated rings. The summed E-state index contributed by atoms with van der Waals surface area (Å²) in [5.74, 6) is 0.247. The maximum Gasteiger partial charge on any atom is 0.222 e. The monoisotopic (exact) mass is 512 g/mol. The van der Waals surface area contributed by atoms with Gasteiger partial charge in [-0.2, -0.15) is 0 Å². The van der Waals surface area contributed by atoms with E-state index in [1.807, 2.05) is 23.1 Å². The van der Waals surface area contributed by atoms with Gasteiger partial charge in [-0.3, -0.25) is 9.69 Å². The summed E-state index contributed by atoms with van der Waals surface area (Å²) in [5, 5.41) is 4.99. The minimum atomic E-state index is 0.0338. The Bertz CT molecular complexity index is 1010. The van der Waals surface area contributed by atoms with Crippen molar-refractivity contribution < 1.29 is 4.79 Å². The van der Waals surface area contributed by atoms with Gasteiger partial charge in [-0.1, -0.05) is 54.1 Å². The lowest BCUT2D eigenvalue weighted by Crippen LogP contribution is -2.60. The Morgan fingerprint density at radius 2 is 1.69 bits per heavy atom. The van der Waals surface area contributed by atoms with E-state index in [1.54, 1.807) is 0 Å². The first-order valence-corrected chi connectivity index (χ1v) is 13.4. The molecule has 2 atom stereocenters. The second kappa shape index (κ2) is 11.3. The van der Waals surface area contributed by atoms with Gasteiger partial charge >= 0.3 is 0 Å². The third kappa shape index (κ3) is 6.54. The van der Waals surface area contributed by atoms with Crippen molar-refractivity contribution in [3.05, 3.63) is 70.7 Å². The molecule has 2 aliphatic rings. The van der Waals surface area contributed by atoms with Crippen LogP contribution >= 0.6 is 23.8 Å². The van der Waals surface area contributed by atoms with Crippen LogP contribution in [0.1, 0.15) is 57.2 Å². The number of nitrogens with one attached hydrogen (secondary N) is 1. The number of benzene rings is 2. The fourth-order valence-electron chi connectivity index (χ4n) is 5.47. The molecule has 0 saturated carbocycles. The van der Waals surface area contributed by atoms with Crippen LogP contribution in [0.15, 0.2) is 54.6 Å². The van der Waals surface area contributed by atoms with E-state index in [-0.39, 0.29) is 17.5 Å². The molecule has 4 rings (SSSR count). The van der Waals surface area contributed by atoms with E-state index in [9.17, 15) is 4.79 Å². The van der Waals surface area contributed by atoms with Crippen LogP contribution < -0.4 is 5.32 Å². The van der Waals surface area contributed by atoms with Gasteiger partial charge in [0.25, 0.3) is 0 Å². The van der Waals surface area contributed by atoms with Crippen LogP contribution in [0, 0.1) is 0 Å². The largest absolute Gasteiger partial charge is 0.358 e. The van der Waals surface area contributed by atoms with Gasteiger partial charge in [-0.05, 0) is 69.1 Å². The Kier molecular flexibility index (Phi) is 8.35. The highest BCUT2D eigenvalue weighted by Gasteiger charge is 2.33. The van der Waals surface area contributed by atoms with E-state index in [0.717, 1.165) is 55.7 Å². The Labute approximate surface area is 220 Å². The van der Waals surface area contributed by atoms with E-state index in [1.165, 1.54) is 11.1 Å². The molecular formula is C28H37ClN4OS. The van der Waals surface area contributed by atoms with Gasteiger partial charge < -0.3 is 15.1 Å². The van der Waals surface area contributed by atoms with Crippen LogP contribution in [0.25, 0.3) is 0 Å². The quantitative estimate of drug-likeness (QED) is 0.522. The van der Waals surface area contributed by atoms with Crippen LogP contribution in [0.3, 0.4) is 0 Å². The van der Waals surface area contributed by atoms with Gasteiger partial charge in [0.15, 0.2) is 5.11 Å². The molecule has 2 aliphatic heterocycles. The lowest BCUT2D eigenvalue weighted by molar-refractivity contribution is -0.133. The molecule has 0 aromatic heterocycles. The first kappa shape index (κ1) is 25.9. The predicted molar refractivity (Wildman–Crippen MR) is 148 cm³/mol. The summed E-state index contributed by atoms with van der Waals surface area (Å²) in [6.07, 6.45) is 2.43. The number of thiocarbonyl (C=S) groups is 1. The molecule has 2 aromatic rings. The molecular weight excluding hydrogens is 476 g/mol. The normalized spacial score (nSPS) is 21.5. The van der Waals surface area contributed by atoms with Crippen molar-refractivity contribution in [2.24, 2.45) is 0 Å². The lowest BCUT2D eigenvalue weighted by atomic mass is 9.93. The fraction of sp³-hybridized carbons (Fsp3) is 0.500. The van der Waals surface area contributed by atoms with E-state index in [2.05, 4.69) is 72.3 Å². The van der Waals surface area contributed by atoms with Crippen molar-refractivity contribution in [2.75, 3.05) is 32.7 Å². The molecule has 5 nitrogen and oxygen atoms in total. The second-order valence-electron chi connectivity index (χ2n) is 10.4. The standard InChI is InChI=1S/C28H37ClN4OS/c1-21-20-28(2,3)30-27(35)33(21)15-7-10-25(34)31-16-18-32(19-17-31)26(22-8-5-4-6-9-22)23-11-13-24(29)14-12-23/h4-6,8-9,11-14,21,26H,7,10,15-20H2,1-3H3,(H,30,35)/t21-,26-/m1/s1. The number of halogens is 1. The summed E-state index contributed by atoms with van der Waals surface area (Å²) in [4.78, 5) is 19.7. The maximum atomic E-state index is 13.0. The smallest absolute Gasteiger partial charge is 0.222 e. The van der Waals surface area contributed by atoms with Crippen LogP contribution in [0.4, 0.5) is 0 Å². The maximum absolute atomic E-state index is 13.0. The van der Waals surface area contributed by atoms with Crippen molar-refractivity contribution in [2.45, 2.75) is 57.7 Å². The van der Waals surface area contributed by atoms with Gasteiger partial charge in [0.2, 0.25) is 5.91 Å². The van der Waals surface area contributed by atoms with Crippen molar-refractivity contribution in [3.63, 3.8) is 0 Å². The van der Waals surface area contributed by atoms with Crippen LogP contribution in [0.5, 0.6) is 0 Å². The van der Waals surface area contributed by atoms with Gasteiger partial charge in [-0.15, -0.1) is 0 Å². The van der Waals surface area contributed by atoms with Crippen molar-refractivity contribution in [3.8, 4) is 0 Å². The number of nitrogens with zero attached hydrogens (tertiary/aromatic N) is 3. The van der Waals surface area contributed by atoms with Gasteiger partial charge in [0.05, 0.1) is 6.04 Å². The van der Waals surface area contributed by atoms with Gasteiger partial charge in [0.1, 0.15) is 0 Å². The molecule has 0 unspecified atom stereocenters. The Balaban J connectivity index is 1.31. The van der Waals surface area contributed by atoms with Crippen LogP contribution in [-0.4, -0.2) is 70.0 Å². The highest BCUT2D eigenvalue weighted by Crippen LogP contribution is 2.30. The molecule has 35 heavy (non-hydrogen) atoms. The van der Waals surface area contributed by atoms with Crippen molar-refractivity contribution >= 4 is 34.8 Å². The molecule has 0 bridgehead atoms. The molecule has 1 amide bonds. The number of rotatable bonds is 7. The summed E-state index contributed by atoms with van der Waals surface area (Å²) in [6.45, 7) is 10.6. The highest BCUT2D eigenvalue weighted by atomic mass is 35.5.